The third-order valence-electron chi connectivity index (χ3n) is 2.54. The molecular weight excluding hydrogens is 178 g/mol. The predicted octanol–water partition coefficient (Wildman–Crippen LogP) is 1.78. The van der Waals surface area contributed by atoms with Crippen LogP contribution in [0.2, 0.25) is 0 Å². The molecule has 0 saturated carbocycles. The number of rotatable bonds is 2. The second kappa shape index (κ2) is 3.61. The fourth-order valence-corrected chi connectivity index (χ4v) is 1.89. The Kier molecular flexibility index (Phi) is 2.46. The van der Waals surface area contributed by atoms with E-state index in [1.165, 1.54) is 0 Å². The number of imidazole rings is 1. The van der Waals surface area contributed by atoms with Crippen LogP contribution in [-0.2, 0) is 4.74 Å². The second-order valence-corrected chi connectivity index (χ2v) is 4.38. The van der Waals surface area contributed by atoms with E-state index in [9.17, 15) is 0 Å². The van der Waals surface area contributed by atoms with E-state index in [4.69, 9.17) is 4.74 Å². The van der Waals surface area contributed by atoms with Crippen molar-refractivity contribution in [3.63, 3.8) is 0 Å². The first-order chi connectivity index (χ1) is 6.66. The molecule has 0 aromatic carbocycles. The lowest BCUT2D eigenvalue weighted by atomic mass is 9.94. The van der Waals surface area contributed by atoms with Crippen molar-refractivity contribution in [1.29, 1.82) is 0 Å². The fourth-order valence-electron chi connectivity index (χ4n) is 1.89. The quantitative estimate of drug-likeness (QED) is 0.756. The molecule has 1 fully saturated rings. The fraction of sp³-hybridized carbons (Fsp3) is 0.700. The maximum Gasteiger partial charge on any atom is 0.200 e. The highest BCUT2D eigenvalue weighted by atomic mass is 16.5. The van der Waals surface area contributed by atoms with E-state index in [1.807, 2.05) is 6.20 Å². The predicted molar refractivity (Wildman–Crippen MR) is 55.3 cm³/mol. The molecule has 2 heterocycles. The molecule has 1 saturated heterocycles. The van der Waals surface area contributed by atoms with Gasteiger partial charge < -0.3 is 15.0 Å². The van der Waals surface area contributed by atoms with Crippen molar-refractivity contribution in [1.82, 2.24) is 9.97 Å². The highest BCUT2D eigenvalue weighted by Gasteiger charge is 2.28. The highest BCUT2D eigenvalue weighted by Crippen LogP contribution is 2.25. The molecule has 1 atom stereocenters. The standard InChI is InChI=1S/C10H17N3O/c1-10(2)7-8(3-6-14-10)13-9-11-4-5-12-9/h4-5,8H,3,6-7H2,1-2H3,(H2,11,12,13). The smallest absolute Gasteiger partial charge is 0.200 e. The molecule has 0 radical (unpaired) electrons. The molecule has 0 aliphatic carbocycles. The Balaban J connectivity index is 1.92. The van der Waals surface area contributed by atoms with Crippen LogP contribution in [0.1, 0.15) is 26.7 Å². The number of hydrogen-bond acceptors (Lipinski definition) is 3. The minimum absolute atomic E-state index is 0.0114. The van der Waals surface area contributed by atoms with Gasteiger partial charge in [0, 0.05) is 25.0 Å². The van der Waals surface area contributed by atoms with E-state index >= 15 is 0 Å². The molecular formula is C10H17N3O. The molecule has 1 unspecified atom stereocenters. The Morgan fingerprint density at radius 1 is 1.64 bits per heavy atom. The Morgan fingerprint density at radius 3 is 3.14 bits per heavy atom. The molecule has 78 valence electrons. The van der Waals surface area contributed by atoms with Crippen LogP contribution in [0.5, 0.6) is 0 Å². The van der Waals surface area contributed by atoms with E-state index in [2.05, 4.69) is 29.1 Å². The number of aromatic amines is 1. The first-order valence-corrected chi connectivity index (χ1v) is 5.06. The lowest BCUT2D eigenvalue weighted by Crippen LogP contribution is -2.40. The first-order valence-electron chi connectivity index (χ1n) is 5.06. The lowest BCUT2D eigenvalue weighted by molar-refractivity contribution is -0.0553. The van der Waals surface area contributed by atoms with Gasteiger partial charge in [-0.3, -0.25) is 0 Å². The third kappa shape index (κ3) is 2.26. The van der Waals surface area contributed by atoms with Crippen molar-refractivity contribution < 1.29 is 4.74 Å². The van der Waals surface area contributed by atoms with Crippen molar-refractivity contribution in [3.05, 3.63) is 12.4 Å². The molecule has 0 bridgehead atoms. The molecule has 4 nitrogen and oxygen atoms in total. The van der Waals surface area contributed by atoms with Gasteiger partial charge in [-0.05, 0) is 26.7 Å². The van der Waals surface area contributed by atoms with Crippen molar-refractivity contribution in [2.45, 2.75) is 38.3 Å². The van der Waals surface area contributed by atoms with Crippen LogP contribution in [-0.4, -0.2) is 28.2 Å². The molecule has 1 aromatic heterocycles. The topological polar surface area (TPSA) is 49.9 Å². The van der Waals surface area contributed by atoms with Gasteiger partial charge in [0.2, 0.25) is 0 Å². The van der Waals surface area contributed by atoms with Crippen LogP contribution in [0, 0.1) is 0 Å². The van der Waals surface area contributed by atoms with Crippen LogP contribution >= 0.6 is 0 Å². The second-order valence-electron chi connectivity index (χ2n) is 4.38. The largest absolute Gasteiger partial charge is 0.375 e. The summed E-state index contributed by atoms with van der Waals surface area (Å²) in [5.41, 5.74) is -0.0114. The summed E-state index contributed by atoms with van der Waals surface area (Å²) in [5.74, 6) is 0.854. The molecule has 0 spiro atoms. The number of aromatic nitrogens is 2. The Bertz CT molecular complexity index is 282. The number of anilines is 1. The van der Waals surface area contributed by atoms with Crippen LogP contribution < -0.4 is 5.32 Å². The maximum atomic E-state index is 5.64. The van der Waals surface area contributed by atoms with E-state index in [0.717, 1.165) is 25.4 Å². The maximum absolute atomic E-state index is 5.64. The summed E-state index contributed by atoms with van der Waals surface area (Å²) in [4.78, 5) is 7.20. The van der Waals surface area contributed by atoms with E-state index in [1.54, 1.807) is 6.20 Å². The average molecular weight is 195 g/mol. The summed E-state index contributed by atoms with van der Waals surface area (Å²) in [6.45, 7) is 5.08. The zero-order valence-electron chi connectivity index (χ0n) is 8.71. The summed E-state index contributed by atoms with van der Waals surface area (Å²) in [5, 5.41) is 3.37. The van der Waals surface area contributed by atoms with Gasteiger partial charge in [0.1, 0.15) is 0 Å². The molecule has 2 rings (SSSR count). The molecule has 0 amide bonds. The molecule has 1 aliphatic heterocycles. The van der Waals surface area contributed by atoms with Gasteiger partial charge >= 0.3 is 0 Å². The van der Waals surface area contributed by atoms with Gasteiger partial charge in [-0.2, -0.15) is 0 Å². The number of nitrogens with zero attached hydrogens (tertiary/aromatic N) is 1. The van der Waals surface area contributed by atoms with Gasteiger partial charge in [-0.25, -0.2) is 4.98 Å². The number of ether oxygens (including phenoxy) is 1. The van der Waals surface area contributed by atoms with E-state index < -0.39 is 0 Å². The summed E-state index contributed by atoms with van der Waals surface area (Å²) in [6.07, 6.45) is 5.65. The Labute approximate surface area is 84.1 Å². The number of hydrogen-bond donors (Lipinski definition) is 2. The lowest BCUT2D eigenvalue weighted by Gasteiger charge is -2.35. The van der Waals surface area contributed by atoms with Crippen molar-refractivity contribution in [2.24, 2.45) is 0 Å². The van der Waals surface area contributed by atoms with Gasteiger partial charge in [0.25, 0.3) is 0 Å². The van der Waals surface area contributed by atoms with Crippen molar-refractivity contribution in [3.8, 4) is 0 Å². The van der Waals surface area contributed by atoms with Gasteiger partial charge in [0.05, 0.1) is 5.60 Å². The van der Waals surface area contributed by atoms with Crippen LogP contribution in [0.3, 0.4) is 0 Å². The SMILES string of the molecule is CC1(C)CC(Nc2ncc[nH]2)CCO1. The highest BCUT2D eigenvalue weighted by molar-refractivity contribution is 5.25. The monoisotopic (exact) mass is 195 g/mol. The van der Waals surface area contributed by atoms with Gasteiger partial charge in [0.15, 0.2) is 5.95 Å². The van der Waals surface area contributed by atoms with E-state index in [0.29, 0.717) is 6.04 Å². The third-order valence-corrected chi connectivity index (χ3v) is 2.54. The molecule has 2 N–H and O–H groups in total. The normalized spacial score (nSPS) is 26.0. The van der Waals surface area contributed by atoms with E-state index in [-0.39, 0.29) is 5.60 Å². The van der Waals surface area contributed by atoms with Crippen molar-refractivity contribution >= 4 is 5.95 Å². The molecule has 1 aromatic rings. The average Bonchev–Trinajstić information content (AvgIpc) is 2.54. The number of nitrogens with one attached hydrogen (secondary N) is 2. The minimum Gasteiger partial charge on any atom is -0.375 e. The molecule has 14 heavy (non-hydrogen) atoms. The first kappa shape index (κ1) is 9.52. The summed E-state index contributed by atoms with van der Waals surface area (Å²) in [6, 6.07) is 0.463. The van der Waals surface area contributed by atoms with Gasteiger partial charge in [-0.1, -0.05) is 0 Å². The Morgan fingerprint density at radius 2 is 2.50 bits per heavy atom. The summed E-state index contributed by atoms with van der Waals surface area (Å²) < 4.78 is 5.64. The zero-order chi connectivity index (χ0) is 10.0. The summed E-state index contributed by atoms with van der Waals surface area (Å²) >= 11 is 0. The van der Waals surface area contributed by atoms with Crippen LogP contribution in [0.4, 0.5) is 5.95 Å². The summed E-state index contributed by atoms with van der Waals surface area (Å²) in [7, 11) is 0. The van der Waals surface area contributed by atoms with Crippen LogP contribution in [0.15, 0.2) is 12.4 Å². The number of H-pyrrole nitrogens is 1. The Hall–Kier alpha value is -1.03. The molecule has 1 aliphatic rings. The zero-order valence-corrected chi connectivity index (χ0v) is 8.71. The van der Waals surface area contributed by atoms with Crippen molar-refractivity contribution in [2.75, 3.05) is 11.9 Å². The van der Waals surface area contributed by atoms with Crippen LogP contribution in [0.25, 0.3) is 0 Å². The molecule has 4 heteroatoms. The van der Waals surface area contributed by atoms with Gasteiger partial charge in [-0.15, -0.1) is 0 Å². The minimum atomic E-state index is -0.0114.